The zero-order chi connectivity index (χ0) is 12.0. The highest BCUT2D eigenvalue weighted by molar-refractivity contribution is 5.79. The summed E-state index contributed by atoms with van der Waals surface area (Å²) < 4.78 is 0. The first kappa shape index (κ1) is 13.3. The van der Waals surface area contributed by atoms with Gasteiger partial charge in [-0.2, -0.15) is 0 Å². The van der Waals surface area contributed by atoms with Gasteiger partial charge < -0.3 is 10.6 Å². The Morgan fingerprint density at radius 1 is 1.25 bits per heavy atom. The van der Waals surface area contributed by atoms with Crippen molar-refractivity contribution in [3.05, 3.63) is 0 Å². The third kappa shape index (κ3) is 5.99. The summed E-state index contributed by atoms with van der Waals surface area (Å²) in [6.07, 6.45) is 5.25. The van der Waals surface area contributed by atoms with Crippen LogP contribution in [-0.4, -0.2) is 25.6 Å². The second-order valence-electron chi connectivity index (χ2n) is 5.41. The van der Waals surface area contributed by atoms with Crippen LogP contribution in [0.3, 0.4) is 0 Å². The normalized spacial score (nSPS) is 18.7. The number of hydrogen-bond donors (Lipinski definition) is 2. The molecule has 3 heteroatoms. The van der Waals surface area contributed by atoms with E-state index in [0.29, 0.717) is 6.04 Å². The molecule has 1 atom stereocenters. The van der Waals surface area contributed by atoms with Crippen molar-refractivity contribution in [3.63, 3.8) is 0 Å². The molecule has 0 saturated heterocycles. The van der Waals surface area contributed by atoms with Gasteiger partial charge in [-0.15, -0.1) is 0 Å². The molecule has 3 nitrogen and oxygen atoms in total. The predicted molar refractivity (Wildman–Crippen MR) is 70.8 cm³/mol. The SMILES string of the molecule is CN=C(NCC1CC1)NC(C)CCC(C)C. The summed E-state index contributed by atoms with van der Waals surface area (Å²) in [6.45, 7) is 7.85. The van der Waals surface area contributed by atoms with Gasteiger partial charge >= 0.3 is 0 Å². The van der Waals surface area contributed by atoms with Gasteiger partial charge in [-0.1, -0.05) is 13.8 Å². The number of nitrogens with one attached hydrogen (secondary N) is 2. The van der Waals surface area contributed by atoms with Crippen LogP contribution in [0.15, 0.2) is 4.99 Å². The lowest BCUT2D eigenvalue weighted by Crippen LogP contribution is -2.43. The van der Waals surface area contributed by atoms with Crippen molar-refractivity contribution < 1.29 is 0 Å². The minimum atomic E-state index is 0.507. The van der Waals surface area contributed by atoms with Gasteiger partial charge in [-0.25, -0.2) is 0 Å². The van der Waals surface area contributed by atoms with Crippen LogP contribution in [-0.2, 0) is 0 Å². The van der Waals surface area contributed by atoms with Gasteiger partial charge in [0.05, 0.1) is 0 Å². The minimum absolute atomic E-state index is 0.507. The molecule has 1 aliphatic carbocycles. The molecule has 94 valence electrons. The molecule has 0 aromatic carbocycles. The third-order valence-corrected chi connectivity index (χ3v) is 3.04. The second-order valence-corrected chi connectivity index (χ2v) is 5.41. The molecule has 16 heavy (non-hydrogen) atoms. The Hall–Kier alpha value is -0.730. The molecular weight excluding hydrogens is 198 g/mol. The molecule has 1 aliphatic rings. The van der Waals surface area contributed by atoms with Crippen molar-refractivity contribution >= 4 is 5.96 Å². The van der Waals surface area contributed by atoms with Crippen LogP contribution >= 0.6 is 0 Å². The van der Waals surface area contributed by atoms with Crippen molar-refractivity contribution in [1.82, 2.24) is 10.6 Å². The van der Waals surface area contributed by atoms with Crippen molar-refractivity contribution in [3.8, 4) is 0 Å². The highest BCUT2D eigenvalue weighted by Crippen LogP contribution is 2.27. The second kappa shape index (κ2) is 6.77. The molecular formula is C13H27N3. The van der Waals surface area contributed by atoms with Crippen molar-refractivity contribution in [2.45, 2.75) is 52.5 Å². The monoisotopic (exact) mass is 225 g/mol. The van der Waals surface area contributed by atoms with E-state index in [1.165, 1.54) is 25.7 Å². The van der Waals surface area contributed by atoms with Crippen LogP contribution in [0.1, 0.15) is 46.5 Å². The maximum absolute atomic E-state index is 4.25. The first-order chi connectivity index (χ1) is 7.61. The predicted octanol–water partition coefficient (Wildman–Crippen LogP) is 2.39. The van der Waals surface area contributed by atoms with Gasteiger partial charge in [0.25, 0.3) is 0 Å². The lowest BCUT2D eigenvalue weighted by Gasteiger charge is -2.18. The molecule has 0 aromatic heterocycles. The summed E-state index contributed by atoms with van der Waals surface area (Å²) >= 11 is 0. The van der Waals surface area contributed by atoms with Crippen molar-refractivity contribution in [2.24, 2.45) is 16.8 Å². The Bertz CT molecular complexity index is 219. The van der Waals surface area contributed by atoms with Gasteiger partial charge in [0, 0.05) is 19.6 Å². The Kier molecular flexibility index (Phi) is 5.64. The molecule has 1 fully saturated rings. The van der Waals surface area contributed by atoms with Crippen LogP contribution in [0.4, 0.5) is 0 Å². The van der Waals surface area contributed by atoms with Gasteiger partial charge in [0.2, 0.25) is 0 Å². The average molecular weight is 225 g/mol. The van der Waals surface area contributed by atoms with E-state index in [1.54, 1.807) is 0 Å². The smallest absolute Gasteiger partial charge is 0.191 e. The minimum Gasteiger partial charge on any atom is -0.356 e. The summed E-state index contributed by atoms with van der Waals surface area (Å²) in [5.41, 5.74) is 0. The Morgan fingerprint density at radius 2 is 1.94 bits per heavy atom. The fraction of sp³-hybridized carbons (Fsp3) is 0.923. The molecule has 0 aromatic rings. The largest absolute Gasteiger partial charge is 0.356 e. The molecule has 2 N–H and O–H groups in total. The number of rotatable bonds is 6. The van der Waals surface area contributed by atoms with E-state index >= 15 is 0 Å². The Balaban J connectivity index is 2.15. The number of aliphatic imine (C=N–C) groups is 1. The standard InChI is InChI=1S/C13H27N3/c1-10(2)5-6-11(3)16-13(14-4)15-9-12-7-8-12/h10-12H,5-9H2,1-4H3,(H2,14,15,16). The van der Waals surface area contributed by atoms with E-state index in [1.807, 2.05) is 7.05 Å². The number of guanidine groups is 1. The molecule has 0 spiro atoms. The maximum atomic E-state index is 4.25. The van der Waals surface area contributed by atoms with E-state index in [2.05, 4.69) is 36.4 Å². The molecule has 1 saturated carbocycles. The quantitative estimate of drug-likeness (QED) is 0.538. The molecule has 0 aliphatic heterocycles. The molecule has 0 radical (unpaired) electrons. The van der Waals surface area contributed by atoms with E-state index in [9.17, 15) is 0 Å². The lowest BCUT2D eigenvalue weighted by atomic mass is 10.0. The Morgan fingerprint density at radius 3 is 2.44 bits per heavy atom. The number of hydrogen-bond acceptors (Lipinski definition) is 1. The summed E-state index contributed by atoms with van der Waals surface area (Å²) in [4.78, 5) is 4.25. The van der Waals surface area contributed by atoms with Crippen LogP contribution < -0.4 is 10.6 Å². The van der Waals surface area contributed by atoms with Gasteiger partial charge in [0.1, 0.15) is 0 Å². The summed E-state index contributed by atoms with van der Waals surface area (Å²) in [7, 11) is 1.84. The molecule has 0 amide bonds. The molecule has 0 bridgehead atoms. The summed E-state index contributed by atoms with van der Waals surface area (Å²) in [6, 6.07) is 0.507. The van der Waals surface area contributed by atoms with E-state index in [0.717, 1.165) is 24.3 Å². The van der Waals surface area contributed by atoms with E-state index in [4.69, 9.17) is 0 Å². The number of nitrogens with zero attached hydrogens (tertiary/aromatic N) is 1. The molecule has 0 heterocycles. The van der Waals surface area contributed by atoms with Crippen LogP contribution in [0.5, 0.6) is 0 Å². The first-order valence-corrected chi connectivity index (χ1v) is 6.59. The van der Waals surface area contributed by atoms with Crippen molar-refractivity contribution in [1.29, 1.82) is 0 Å². The zero-order valence-electron chi connectivity index (χ0n) is 11.2. The topological polar surface area (TPSA) is 36.4 Å². The van der Waals surface area contributed by atoms with Gasteiger partial charge in [-0.05, 0) is 44.4 Å². The molecule has 1 unspecified atom stereocenters. The van der Waals surface area contributed by atoms with E-state index in [-0.39, 0.29) is 0 Å². The van der Waals surface area contributed by atoms with Gasteiger partial charge in [-0.3, -0.25) is 4.99 Å². The van der Waals surface area contributed by atoms with Crippen LogP contribution in [0, 0.1) is 11.8 Å². The van der Waals surface area contributed by atoms with Crippen LogP contribution in [0.2, 0.25) is 0 Å². The average Bonchev–Trinajstić information content (AvgIpc) is 3.05. The van der Waals surface area contributed by atoms with Gasteiger partial charge in [0.15, 0.2) is 5.96 Å². The summed E-state index contributed by atoms with van der Waals surface area (Å²) in [5, 5.41) is 6.83. The van der Waals surface area contributed by atoms with Crippen molar-refractivity contribution in [2.75, 3.05) is 13.6 Å². The Labute approximate surface area is 100 Å². The highest BCUT2D eigenvalue weighted by Gasteiger charge is 2.21. The fourth-order valence-corrected chi connectivity index (χ4v) is 1.65. The first-order valence-electron chi connectivity index (χ1n) is 6.59. The summed E-state index contributed by atoms with van der Waals surface area (Å²) in [5.74, 6) is 2.64. The van der Waals surface area contributed by atoms with Crippen LogP contribution in [0.25, 0.3) is 0 Å². The maximum Gasteiger partial charge on any atom is 0.191 e. The van der Waals surface area contributed by atoms with E-state index < -0.39 is 0 Å². The fourth-order valence-electron chi connectivity index (χ4n) is 1.65. The zero-order valence-corrected chi connectivity index (χ0v) is 11.2. The third-order valence-electron chi connectivity index (χ3n) is 3.04. The lowest BCUT2D eigenvalue weighted by molar-refractivity contribution is 0.488. The highest BCUT2D eigenvalue weighted by atomic mass is 15.2. The molecule has 1 rings (SSSR count).